The van der Waals surface area contributed by atoms with Crippen molar-refractivity contribution in [3.8, 4) is 72.8 Å². The van der Waals surface area contributed by atoms with Crippen LogP contribution in [0.4, 0.5) is 0 Å². The predicted octanol–water partition coefficient (Wildman–Crippen LogP) is 14.5. The van der Waals surface area contributed by atoms with Crippen molar-refractivity contribution >= 4 is 43.1 Å². The van der Waals surface area contributed by atoms with E-state index in [0.717, 1.165) is 11.1 Å². The molecule has 0 bridgehead atoms. The average molecular weight is 682 g/mol. The summed E-state index contributed by atoms with van der Waals surface area (Å²) >= 11 is 0. The van der Waals surface area contributed by atoms with Crippen molar-refractivity contribution in [2.45, 2.75) is 0 Å². The third-order valence-corrected chi connectivity index (χ3v) is 11.4. The van der Waals surface area contributed by atoms with Crippen LogP contribution < -0.4 is 0 Å². The first-order valence-corrected chi connectivity index (χ1v) is 18.5. The van der Waals surface area contributed by atoms with E-state index < -0.39 is 0 Å². The second kappa shape index (κ2) is 11.9. The molecule has 0 atom stereocenters. The molecule has 0 radical (unpaired) electrons. The van der Waals surface area contributed by atoms with Crippen molar-refractivity contribution in [2.75, 3.05) is 0 Å². The summed E-state index contributed by atoms with van der Waals surface area (Å²) in [5.74, 6) is 0. The number of benzene rings is 10. The molecule has 0 heterocycles. The van der Waals surface area contributed by atoms with Crippen LogP contribution in [0.5, 0.6) is 0 Å². The van der Waals surface area contributed by atoms with E-state index in [1.54, 1.807) is 0 Å². The van der Waals surface area contributed by atoms with Crippen molar-refractivity contribution < 1.29 is 0 Å². The zero-order chi connectivity index (χ0) is 35.8. The van der Waals surface area contributed by atoms with Crippen molar-refractivity contribution in [1.29, 1.82) is 5.26 Å². The van der Waals surface area contributed by atoms with Gasteiger partial charge in [-0.3, -0.25) is 0 Å². The molecule has 1 heteroatoms. The molecule has 0 amide bonds. The monoisotopic (exact) mass is 681 g/mol. The molecule has 1 aliphatic rings. The standard InChI is InChI=1S/C53H31N/c54-32-33-16-18-36(19-17-33)37-20-24-38(25-21-37)43-28-29-48-51-44(43)14-7-15-47(51)52-49(41-26-22-34-8-1-3-10-39(34)30-41)45-12-5-6-13-46(45)50(53(48)52)42-27-23-35-9-2-4-11-40(35)31-42/h1-31H. The Morgan fingerprint density at radius 1 is 0.296 bits per heavy atom. The molecule has 11 rings (SSSR count). The number of rotatable bonds is 4. The highest BCUT2D eigenvalue weighted by Crippen LogP contribution is 2.58. The van der Waals surface area contributed by atoms with Crippen molar-refractivity contribution in [3.05, 3.63) is 194 Å². The first-order chi connectivity index (χ1) is 26.7. The molecule has 0 unspecified atom stereocenters. The normalized spacial score (nSPS) is 11.7. The van der Waals surface area contributed by atoms with Gasteiger partial charge in [0.25, 0.3) is 0 Å². The number of fused-ring (bicyclic) bond motifs is 6. The largest absolute Gasteiger partial charge is 0.192 e. The Morgan fingerprint density at radius 2 is 0.741 bits per heavy atom. The van der Waals surface area contributed by atoms with Gasteiger partial charge in [0.05, 0.1) is 11.6 Å². The quantitative estimate of drug-likeness (QED) is 0.181. The average Bonchev–Trinajstić information content (AvgIpc) is 3.57. The Balaban J connectivity index is 1.19. The van der Waals surface area contributed by atoms with Gasteiger partial charge in [0.15, 0.2) is 0 Å². The molecule has 0 saturated carbocycles. The predicted molar refractivity (Wildman–Crippen MR) is 227 cm³/mol. The molecule has 248 valence electrons. The third kappa shape index (κ3) is 4.58. The maximum absolute atomic E-state index is 9.27. The van der Waals surface area contributed by atoms with Crippen molar-refractivity contribution in [3.63, 3.8) is 0 Å². The van der Waals surface area contributed by atoms with Crippen molar-refractivity contribution in [1.82, 2.24) is 0 Å². The van der Waals surface area contributed by atoms with Gasteiger partial charge in [-0.15, -0.1) is 0 Å². The molecule has 10 aromatic rings. The maximum Gasteiger partial charge on any atom is 0.0991 e. The molecule has 0 aromatic heterocycles. The first kappa shape index (κ1) is 30.4. The van der Waals surface area contributed by atoms with Gasteiger partial charge in [-0.1, -0.05) is 164 Å². The summed E-state index contributed by atoms with van der Waals surface area (Å²) in [6, 6.07) is 70.6. The van der Waals surface area contributed by atoms with E-state index in [2.05, 4.69) is 170 Å². The molecule has 0 aliphatic heterocycles. The summed E-state index contributed by atoms with van der Waals surface area (Å²) in [6.45, 7) is 0. The maximum atomic E-state index is 9.27. The van der Waals surface area contributed by atoms with Gasteiger partial charge in [-0.2, -0.15) is 5.26 Å². The van der Waals surface area contributed by atoms with Gasteiger partial charge in [0, 0.05) is 0 Å². The minimum absolute atomic E-state index is 0.671. The van der Waals surface area contributed by atoms with Gasteiger partial charge in [-0.25, -0.2) is 0 Å². The molecule has 0 fully saturated rings. The van der Waals surface area contributed by atoms with Gasteiger partial charge in [0.2, 0.25) is 0 Å². The van der Waals surface area contributed by atoms with Crippen LogP contribution >= 0.6 is 0 Å². The van der Waals surface area contributed by atoms with Crippen LogP contribution in [-0.2, 0) is 0 Å². The lowest BCUT2D eigenvalue weighted by molar-refractivity contribution is 1.48. The first-order valence-electron chi connectivity index (χ1n) is 18.5. The van der Waals surface area contributed by atoms with Gasteiger partial charge in [0.1, 0.15) is 0 Å². The second-order valence-electron chi connectivity index (χ2n) is 14.3. The fourth-order valence-corrected chi connectivity index (χ4v) is 8.92. The summed E-state index contributed by atoms with van der Waals surface area (Å²) in [4.78, 5) is 0. The number of hydrogen-bond acceptors (Lipinski definition) is 1. The molecule has 1 aliphatic carbocycles. The molecular formula is C53H31N. The smallest absolute Gasteiger partial charge is 0.0991 e. The fraction of sp³-hybridized carbons (Fsp3) is 0. The van der Waals surface area contributed by atoms with Gasteiger partial charge >= 0.3 is 0 Å². The van der Waals surface area contributed by atoms with Crippen LogP contribution in [0.3, 0.4) is 0 Å². The highest BCUT2D eigenvalue weighted by atomic mass is 14.3. The van der Waals surface area contributed by atoms with Crippen molar-refractivity contribution in [2.24, 2.45) is 0 Å². The molecule has 1 nitrogen and oxygen atoms in total. The zero-order valence-corrected chi connectivity index (χ0v) is 29.3. The molecule has 54 heavy (non-hydrogen) atoms. The van der Waals surface area contributed by atoms with E-state index in [0.29, 0.717) is 5.56 Å². The van der Waals surface area contributed by atoms with E-state index >= 15 is 0 Å². The van der Waals surface area contributed by atoms with Crippen LogP contribution in [0.2, 0.25) is 0 Å². The van der Waals surface area contributed by atoms with Crippen LogP contribution in [0.15, 0.2) is 188 Å². The molecule has 10 aromatic carbocycles. The number of nitrogens with zero attached hydrogens (tertiary/aromatic N) is 1. The van der Waals surface area contributed by atoms with E-state index in [9.17, 15) is 5.26 Å². The zero-order valence-electron chi connectivity index (χ0n) is 29.3. The lowest BCUT2D eigenvalue weighted by Gasteiger charge is -2.21. The molecule has 0 saturated heterocycles. The van der Waals surface area contributed by atoms with Gasteiger partial charge in [-0.05, 0) is 134 Å². The molecule has 0 N–H and O–H groups in total. The summed E-state index contributed by atoms with van der Waals surface area (Å²) in [6.07, 6.45) is 0. The fourth-order valence-electron chi connectivity index (χ4n) is 8.92. The van der Waals surface area contributed by atoms with E-state index in [-0.39, 0.29) is 0 Å². The summed E-state index contributed by atoms with van der Waals surface area (Å²) < 4.78 is 0. The van der Waals surface area contributed by atoms with E-state index in [1.165, 1.54) is 98.7 Å². The van der Waals surface area contributed by atoms with Crippen LogP contribution in [0, 0.1) is 11.3 Å². The second-order valence-corrected chi connectivity index (χ2v) is 14.3. The number of nitriles is 1. The Bertz CT molecular complexity index is 3060. The Morgan fingerprint density at radius 3 is 1.31 bits per heavy atom. The molecule has 0 spiro atoms. The Labute approximate surface area is 313 Å². The van der Waals surface area contributed by atoms with Crippen LogP contribution in [0.1, 0.15) is 5.56 Å². The minimum atomic E-state index is 0.671. The number of hydrogen-bond donors (Lipinski definition) is 0. The highest BCUT2D eigenvalue weighted by Gasteiger charge is 2.31. The summed E-state index contributed by atoms with van der Waals surface area (Å²) in [5, 5.41) is 19.3. The SMILES string of the molecule is N#Cc1ccc(-c2ccc(-c3ccc4c5c(cccc35)-c3c-4c(-c4ccc5ccccc5c4)c4ccccc4c3-c3ccc4ccccc4c3)cc2)cc1. The summed E-state index contributed by atoms with van der Waals surface area (Å²) in [5.41, 5.74) is 15.5. The Hall–Kier alpha value is -7.27. The topological polar surface area (TPSA) is 23.8 Å². The van der Waals surface area contributed by atoms with Crippen LogP contribution in [-0.4, -0.2) is 0 Å². The minimum Gasteiger partial charge on any atom is -0.192 e. The van der Waals surface area contributed by atoms with Gasteiger partial charge < -0.3 is 0 Å². The van der Waals surface area contributed by atoms with E-state index in [4.69, 9.17) is 0 Å². The lowest BCUT2D eigenvalue weighted by Crippen LogP contribution is -1.94. The van der Waals surface area contributed by atoms with E-state index in [1.807, 2.05) is 24.3 Å². The third-order valence-electron chi connectivity index (χ3n) is 11.4. The Kier molecular flexibility index (Phi) is 6.68. The lowest BCUT2D eigenvalue weighted by atomic mass is 9.82. The van der Waals surface area contributed by atoms with Crippen LogP contribution in [0.25, 0.3) is 110 Å². The summed E-state index contributed by atoms with van der Waals surface area (Å²) in [7, 11) is 0. The highest BCUT2D eigenvalue weighted by molar-refractivity contribution is 6.29. The molecular weight excluding hydrogens is 651 g/mol.